The maximum atomic E-state index is 12.8. The Kier molecular flexibility index (Phi) is 36.0. The van der Waals surface area contributed by atoms with E-state index in [0.29, 0.717) is 12.8 Å². The van der Waals surface area contributed by atoms with Crippen LogP contribution in [0.3, 0.4) is 0 Å². The van der Waals surface area contributed by atoms with Crippen LogP contribution in [0.25, 0.3) is 0 Å². The Hall–Kier alpha value is -1.35. The summed E-state index contributed by atoms with van der Waals surface area (Å²) in [5.74, 6) is -1.96. The van der Waals surface area contributed by atoms with E-state index in [1.165, 1.54) is 154 Å². The Balaban J connectivity index is 2.34. The van der Waals surface area contributed by atoms with Crippen molar-refractivity contribution in [1.29, 1.82) is 0 Å². The van der Waals surface area contributed by atoms with Crippen LogP contribution in [0.5, 0.6) is 0 Å². The lowest BCUT2D eigenvalue weighted by atomic mass is 10.00. The first-order chi connectivity index (χ1) is 29.0. The fourth-order valence-corrected chi connectivity index (χ4v) is 8.55. The van der Waals surface area contributed by atoms with E-state index in [4.69, 9.17) is 18.9 Å². The van der Waals surface area contributed by atoms with Gasteiger partial charge >= 0.3 is 11.9 Å². The van der Waals surface area contributed by atoms with Gasteiger partial charge in [-0.1, -0.05) is 206 Å². The summed E-state index contributed by atoms with van der Waals surface area (Å²) in [4.78, 5) is 25.4. The Labute approximate surface area is 365 Å². The van der Waals surface area contributed by atoms with Gasteiger partial charge in [-0.3, -0.25) is 14.1 Å². The molecule has 0 amide bonds. The normalized spacial score (nSPS) is 20.0. The maximum absolute atomic E-state index is 12.8. The van der Waals surface area contributed by atoms with Crippen LogP contribution in [0.2, 0.25) is 0 Å². The van der Waals surface area contributed by atoms with Crippen LogP contribution in [0.1, 0.15) is 232 Å². The quantitative estimate of drug-likeness (QED) is 0.0259. The van der Waals surface area contributed by atoms with Gasteiger partial charge in [0, 0.05) is 12.8 Å². The molecule has 0 saturated carbocycles. The summed E-state index contributed by atoms with van der Waals surface area (Å²) in [6, 6.07) is 0. The molecule has 0 aromatic rings. The Morgan fingerprint density at radius 1 is 0.500 bits per heavy atom. The number of aliphatic hydroxyl groups excluding tert-OH is 3. The molecular weight excluding hydrogens is 789 g/mol. The van der Waals surface area contributed by atoms with Crippen LogP contribution in [-0.2, 0) is 38.7 Å². The number of aliphatic hydroxyl groups is 3. The predicted molar refractivity (Wildman–Crippen MR) is 238 cm³/mol. The standard InChI is InChI=1S/C47H90O12S/c1-3-5-7-9-11-13-15-16-17-18-19-20-21-22-23-24-26-28-30-32-34-36-43(49)58-40(37-56-42(48)35-33-31-29-27-25-14-12-10-8-6-4-2)38-57-47-46(52)45(51)44(50)41(59-47)39-60(53,54)55/h40-41,44-47,50-52H,3-39H2,1-2H3,(H,53,54,55)/t40-,41-,44-,45?,46?,47+/m1/s1. The van der Waals surface area contributed by atoms with Crippen molar-refractivity contribution in [1.82, 2.24) is 0 Å². The number of carbonyl (C=O) groups is 2. The summed E-state index contributed by atoms with van der Waals surface area (Å²) >= 11 is 0. The largest absolute Gasteiger partial charge is 0.462 e. The highest BCUT2D eigenvalue weighted by Crippen LogP contribution is 2.24. The van der Waals surface area contributed by atoms with Crippen molar-refractivity contribution in [2.45, 2.75) is 269 Å². The average molecular weight is 879 g/mol. The topological polar surface area (TPSA) is 186 Å². The molecule has 1 rings (SSSR count). The fourth-order valence-electron chi connectivity index (χ4n) is 7.86. The third kappa shape index (κ3) is 32.3. The molecule has 1 aliphatic heterocycles. The van der Waals surface area contributed by atoms with E-state index in [1.54, 1.807) is 0 Å². The van der Waals surface area contributed by atoms with Crippen molar-refractivity contribution in [3.63, 3.8) is 0 Å². The van der Waals surface area contributed by atoms with Gasteiger partial charge in [0.2, 0.25) is 0 Å². The third-order valence-electron chi connectivity index (χ3n) is 11.7. The van der Waals surface area contributed by atoms with E-state index in [1.807, 2.05) is 0 Å². The smallest absolute Gasteiger partial charge is 0.306 e. The number of carbonyl (C=O) groups excluding carboxylic acids is 2. The zero-order valence-corrected chi connectivity index (χ0v) is 38.9. The summed E-state index contributed by atoms with van der Waals surface area (Å²) in [5.41, 5.74) is 0. The van der Waals surface area contributed by atoms with E-state index in [9.17, 15) is 37.9 Å². The summed E-state index contributed by atoms with van der Waals surface area (Å²) < 4.78 is 54.1. The van der Waals surface area contributed by atoms with Crippen molar-refractivity contribution in [2.75, 3.05) is 19.0 Å². The van der Waals surface area contributed by atoms with Gasteiger partial charge in [0.05, 0.1) is 6.61 Å². The molecule has 0 bridgehead atoms. The predicted octanol–water partition coefficient (Wildman–Crippen LogP) is 10.5. The molecular formula is C47H90O12S. The number of rotatable bonds is 42. The second kappa shape index (κ2) is 38.1. The zero-order valence-electron chi connectivity index (χ0n) is 38.1. The minimum atomic E-state index is -4.60. The average Bonchev–Trinajstić information content (AvgIpc) is 3.21. The van der Waals surface area contributed by atoms with E-state index in [0.717, 1.165) is 38.5 Å². The molecule has 356 valence electrons. The van der Waals surface area contributed by atoms with Crippen LogP contribution in [0.4, 0.5) is 0 Å². The number of ether oxygens (including phenoxy) is 4. The minimum Gasteiger partial charge on any atom is -0.462 e. The molecule has 13 heteroatoms. The molecule has 1 saturated heterocycles. The first-order valence-electron chi connectivity index (χ1n) is 24.6. The molecule has 1 fully saturated rings. The van der Waals surface area contributed by atoms with Crippen molar-refractivity contribution in [2.24, 2.45) is 0 Å². The van der Waals surface area contributed by atoms with Gasteiger partial charge in [-0.05, 0) is 12.8 Å². The summed E-state index contributed by atoms with van der Waals surface area (Å²) in [5, 5.41) is 30.9. The zero-order chi connectivity index (χ0) is 44.1. The van der Waals surface area contributed by atoms with E-state index in [-0.39, 0.29) is 19.4 Å². The second-order valence-electron chi connectivity index (χ2n) is 17.5. The summed E-state index contributed by atoms with van der Waals surface area (Å²) in [7, 11) is -4.60. The number of hydrogen-bond donors (Lipinski definition) is 4. The second-order valence-corrected chi connectivity index (χ2v) is 19.0. The Bertz CT molecular complexity index is 1120. The highest BCUT2D eigenvalue weighted by Gasteiger charge is 2.46. The Morgan fingerprint density at radius 2 is 0.850 bits per heavy atom. The van der Waals surface area contributed by atoms with Crippen molar-refractivity contribution < 1.29 is 56.8 Å². The lowest BCUT2D eigenvalue weighted by Gasteiger charge is -2.40. The van der Waals surface area contributed by atoms with Gasteiger partial charge in [0.1, 0.15) is 36.8 Å². The maximum Gasteiger partial charge on any atom is 0.306 e. The van der Waals surface area contributed by atoms with Crippen molar-refractivity contribution in [3.8, 4) is 0 Å². The minimum absolute atomic E-state index is 0.173. The highest BCUT2D eigenvalue weighted by atomic mass is 32.2. The van der Waals surface area contributed by atoms with Crippen LogP contribution in [0, 0.1) is 0 Å². The first-order valence-corrected chi connectivity index (χ1v) is 26.2. The molecule has 6 atom stereocenters. The number of esters is 2. The van der Waals surface area contributed by atoms with Gasteiger partial charge < -0.3 is 34.3 Å². The van der Waals surface area contributed by atoms with E-state index in [2.05, 4.69) is 13.8 Å². The monoisotopic (exact) mass is 879 g/mol. The highest BCUT2D eigenvalue weighted by molar-refractivity contribution is 7.85. The number of hydrogen-bond acceptors (Lipinski definition) is 11. The van der Waals surface area contributed by atoms with Gasteiger partial charge in [0.25, 0.3) is 10.1 Å². The van der Waals surface area contributed by atoms with Gasteiger partial charge in [-0.15, -0.1) is 0 Å². The molecule has 0 aliphatic carbocycles. The van der Waals surface area contributed by atoms with Gasteiger partial charge in [-0.25, -0.2) is 0 Å². The SMILES string of the molecule is CCCCCCCCCCCCCCCCCCCCCCCC(=O)O[C@H](COC(=O)CCCCCCCCCCCCC)CO[C@H]1O[C@H](CS(=O)(=O)O)[C@@H](O)C(O)C1O. The Morgan fingerprint density at radius 3 is 1.22 bits per heavy atom. The molecule has 0 aromatic carbocycles. The molecule has 0 spiro atoms. The van der Waals surface area contributed by atoms with Gasteiger partial charge in [0.15, 0.2) is 12.4 Å². The molecule has 12 nitrogen and oxygen atoms in total. The summed E-state index contributed by atoms with van der Waals surface area (Å²) in [6.07, 6.45) is 30.1. The van der Waals surface area contributed by atoms with E-state index < -0.39 is 71.2 Å². The van der Waals surface area contributed by atoms with Crippen LogP contribution in [0.15, 0.2) is 0 Å². The van der Waals surface area contributed by atoms with Gasteiger partial charge in [-0.2, -0.15) is 8.42 Å². The van der Waals surface area contributed by atoms with Crippen molar-refractivity contribution >= 4 is 22.1 Å². The van der Waals surface area contributed by atoms with Crippen LogP contribution >= 0.6 is 0 Å². The first kappa shape index (κ1) is 56.7. The van der Waals surface area contributed by atoms with E-state index >= 15 is 0 Å². The fraction of sp³-hybridized carbons (Fsp3) is 0.957. The van der Waals surface area contributed by atoms with Crippen LogP contribution < -0.4 is 0 Å². The third-order valence-corrected chi connectivity index (χ3v) is 12.4. The molecule has 1 aliphatic rings. The lowest BCUT2D eigenvalue weighted by Crippen LogP contribution is -2.60. The van der Waals surface area contributed by atoms with Crippen molar-refractivity contribution in [3.05, 3.63) is 0 Å². The molecule has 4 N–H and O–H groups in total. The molecule has 0 aromatic heterocycles. The molecule has 60 heavy (non-hydrogen) atoms. The molecule has 0 radical (unpaired) electrons. The number of unbranched alkanes of at least 4 members (excludes halogenated alkanes) is 30. The lowest BCUT2D eigenvalue weighted by molar-refractivity contribution is -0.297. The summed E-state index contributed by atoms with van der Waals surface area (Å²) in [6.45, 7) is 3.78. The molecule has 1 heterocycles. The van der Waals surface area contributed by atoms with Crippen LogP contribution in [-0.4, -0.2) is 96.0 Å². The molecule has 2 unspecified atom stereocenters.